The fourth-order valence-electron chi connectivity index (χ4n) is 2.02. The zero-order valence-electron chi connectivity index (χ0n) is 12.2. The molecule has 22 heavy (non-hydrogen) atoms. The average Bonchev–Trinajstić information content (AvgIpc) is 3.05. The van der Waals surface area contributed by atoms with Gasteiger partial charge in [-0.2, -0.15) is 5.10 Å². The van der Waals surface area contributed by atoms with Gasteiger partial charge in [0.25, 0.3) is 0 Å². The van der Waals surface area contributed by atoms with Gasteiger partial charge in [-0.1, -0.05) is 18.2 Å². The molecule has 0 bridgehead atoms. The average molecular weight is 292 g/mol. The largest absolute Gasteiger partial charge is 0.497 e. The summed E-state index contributed by atoms with van der Waals surface area (Å²) < 4.78 is 10.9. The van der Waals surface area contributed by atoms with Gasteiger partial charge in [0.15, 0.2) is 0 Å². The summed E-state index contributed by atoms with van der Waals surface area (Å²) in [6.45, 7) is 0. The molecule has 2 aromatic carbocycles. The van der Waals surface area contributed by atoms with Gasteiger partial charge in [-0.15, -0.1) is 0 Å². The third-order valence-electron chi connectivity index (χ3n) is 3.16. The van der Waals surface area contributed by atoms with Crippen LogP contribution in [0.4, 0.5) is 5.69 Å². The third kappa shape index (κ3) is 3.35. The Balaban J connectivity index is 1.68. The van der Waals surface area contributed by atoms with Gasteiger partial charge in [0, 0.05) is 5.56 Å². The van der Waals surface area contributed by atoms with E-state index in [9.17, 15) is 0 Å². The number of hydrogen-bond acceptors (Lipinski definition) is 4. The Kier molecular flexibility index (Phi) is 4.20. The lowest BCUT2D eigenvalue weighted by molar-refractivity contribution is 0.415. The van der Waals surface area contributed by atoms with E-state index in [-0.39, 0.29) is 0 Å². The van der Waals surface area contributed by atoms with Crippen molar-refractivity contribution in [3.8, 4) is 17.1 Å². The number of nitrogens with zero attached hydrogens (tertiary/aromatic N) is 1. The van der Waals surface area contributed by atoms with Gasteiger partial charge in [-0.05, 0) is 48.5 Å². The van der Waals surface area contributed by atoms with Gasteiger partial charge in [-0.3, -0.25) is 5.43 Å². The van der Waals surface area contributed by atoms with Crippen molar-refractivity contribution in [3.05, 3.63) is 72.5 Å². The number of methoxy groups -OCH3 is 1. The molecule has 4 heteroatoms. The minimum Gasteiger partial charge on any atom is -0.497 e. The van der Waals surface area contributed by atoms with E-state index >= 15 is 0 Å². The molecule has 1 N–H and O–H groups in total. The van der Waals surface area contributed by atoms with Crippen LogP contribution in [0.5, 0.6) is 5.75 Å². The van der Waals surface area contributed by atoms with Gasteiger partial charge in [-0.25, -0.2) is 0 Å². The van der Waals surface area contributed by atoms with E-state index in [1.54, 1.807) is 13.3 Å². The molecule has 4 nitrogen and oxygen atoms in total. The van der Waals surface area contributed by atoms with E-state index in [0.717, 1.165) is 22.8 Å². The highest BCUT2D eigenvalue weighted by Gasteiger charge is 2.03. The van der Waals surface area contributed by atoms with Gasteiger partial charge in [0.05, 0.1) is 19.0 Å². The summed E-state index contributed by atoms with van der Waals surface area (Å²) in [5.74, 6) is 2.31. The molecule has 0 unspecified atom stereocenters. The van der Waals surface area contributed by atoms with Crippen LogP contribution in [0.25, 0.3) is 11.3 Å². The first-order valence-electron chi connectivity index (χ1n) is 6.93. The molecule has 0 aliphatic rings. The number of furan rings is 1. The van der Waals surface area contributed by atoms with Gasteiger partial charge in [0.1, 0.15) is 17.3 Å². The zero-order chi connectivity index (χ0) is 15.2. The maximum absolute atomic E-state index is 5.75. The number of para-hydroxylation sites is 1. The van der Waals surface area contributed by atoms with E-state index in [1.165, 1.54) is 0 Å². The molecule has 0 amide bonds. The van der Waals surface area contributed by atoms with Crippen LogP contribution in [0.2, 0.25) is 0 Å². The molecule has 0 saturated heterocycles. The Hall–Kier alpha value is -3.01. The van der Waals surface area contributed by atoms with E-state index in [1.807, 2.05) is 66.7 Å². The van der Waals surface area contributed by atoms with Crippen LogP contribution in [0.15, 0.2) is 76.2 Å². The monoisotopic (exact) mass is 292 g/mol. The van der Waals surface area contributed by atoms with Gasteiger partial charge >= 0.3 is 0 Å². The van der Waals surface area contributed by atoms with Crippen LogP contribution >= 0.6 is 0 Å². The van der Waals surface area contributed by atoms with Crippen molar-refractivity contribution in [2.45, 2.75) is 0 Å². The van der Waals surface area contributed by atoms with Crippen molar-refractivity contribution in [2.24, 2.45) is 5.10 Å². The molecular weight excluding hydrogens is 276 g/mol. The maximum atomic E-state index is 5.75. The van der Waals surface area contributed by atoms with Crippen molar-refractivity contribution in [3.63, 3.8) is 0 Å². The van der Waals surface area contributed by atoms with E-state index < -0.39 is 0 Å². The van der Waals surface area contributed by atoms with Gasteiger partial charge in [0.2, 0.25) is 0 Å². The Morgan fingerprint density at radius 1 is 0.955 bits per heavy atom. The lowest BCUT2D eigenvalue weighted by atomic mass is 10.2. The summed E-state index contributed by atoms with van der Waals surface area (Å²) in [6, 6.07) is 21.3. The zero-order valence-corrected chi connectivity index (χ0v) is 12.2. The molecule has 1 heterocycles. The van der Waals surface area contributed by atoms with Gasteiger partial charge < -0.3 is 9.15 Å². The summed E-state index contributed by atoms with van der Waals surface area (Å²) in [7, 11) is 1.65. The van der Waals surface area contributed by atoms with E-state index in [4.69, 9.17) is 9.15 Å². The highest BCUT2D eigenvalue weighted by atomic mass is 16.5. The molecule has 0 spiro atoms. The molecule has 0 atom stereocenters. The molecule has 1 aromatic heterocycles. The van der Waals surface area contributed by atoms with E-state index in [0.29, 0.717) is 5.76 Å². The summed E-state index contributed by atoms with van der Waals surface area (Å²) in [5.41, 5.74) is 4.88. The summed E-state index contributed by atoms with van der Waals surface area (Å²) in [6.07, 6.45) is 1.65. The maximum Gasteiger partial charge on any atom is 0.147 e. The molecule has 0 fully saturated rings. The molecule has 0 radical (unpaired) electrons. The number of nitrogens with one attached hydrogen (secondary N) is 1. The third-order valence-corrected chi connectivity index (χ3v) is 3.16. The van der Waals surface area contributed by atoms with Crippen LogP contribution < -0.4 is 10.2 Å². The Morgan fingerprint density at radius 2 is 1.73 bits per heavy atom. The quantitative estimate of drug-likeness (QED) is 0.560. The van der Waals surface area contributed by atoms with E-state index in [2.05, 4.69) is 10.5 Å². The Morgan fingerprint density at radius 3 is 2.45 bits per heavy atom. The number of anilines is 1. The first-order valence-corrected chi connectivity index (χ1v) is 6.93. The summed E-state index contributed by atoms with van der Waals surface area (Å²) in [4.78, 5) is 0. The topological polar surface area (TPSA) is 46.8 Å². The fourth-order valence-corrected chi connectivity index (χ4v) is 2.02. The van der Waals surface area contributed by atoms with Crippen molar-refractivity contribution in [2.75, 3.05) is 12.5 Å². The lowest BCUT2D eigenvalue weighted by Crippen LogP contribution is -1.88. The van der Waals surface area contributed by atoms with Crippen LogP contribution in [0, 0.1) is 0 Å². The second kappa shape index (κ2) is 6.63. The molecule has 0 aliphatic heterocycles. The van der Waals surface area contributed by atoms with Crippen LogP contribution in [-0.4, -0.2) is 13.3 Å². The predicted octanol–water partition coefficient (Wildman–Crippen LogP) is 4.40. The number of hydrazone groups is 1. The van der Waals surface area contributed by atoms with Crippen LogP contribution in [-0.2, 0) is 0 Å². The normalized spacial score (nSPS) is 10.8. The lowest BCUT2D eigenvalue weighted by Gasteiger charge is -2.00. The first kappa shape index (κ1) is 13.9. The smallest absolute Gasteiger partial charge is 0.147 e. The molecule has 3 aromatic rings. The number of ether oxygens (including phenoxy) is 1. The van der Waals surface area contributed by atoms with Crippen molar-refractivity contribution >= 4 is 11.9 Å². The highest BCUT2D eigenvalue weighted by Crippen LogP contribution is 2.23. The molecule has 110 valence electrons. The summed E-state index contributed by atoms with van der Waals surface area (Å²) >= 11 is 0. The first-order chi connectivity index (χ1) is 10.8. The minimum absolute atomic E-state index is 0.689. The van der Waals surface area contributed by atoms with Crippen LogP contribution in [0.3, 0.4) is 0 Å². The molecule has 3 rings (SSSR count). The summed E-state index contributed by atoms with van der Waals surface area (Å²) in [5, 5.41) is 4.16. The fraction of sp³-hybridized carbons (Fsp3) is 0.0556. The highest BCUT2D eigenvalue weighted by molar-refractivity contribution is 5.78. The van der Waals surface area contributed by atoms with Crippen molar-refractivity contribution in [1.29, 1.82) is 0 Å². The Bertz CT molecular complexity index is 746. The van der Waals surface area contributed by atoms with Crippen molar-refractivity contribution < 1.29 is 9.15 Å². The standard InChI is InChI=1S/C18H16N2O2/c1-21-16-9-7-14(8-10-16)18-12-11-17(22-18)13-19-20-15-5-3-2-4-6-15/h2-13,20H,1H3/b19-13+. The molecule has 0 aliphatic carbocycles. The second-order valence-corrected chi connectivity index (χ2v) is 4.67. The Labute approximate surface area is 129 Å². The predicted molar refractivity (Wildman–Crippen MR) is 88.4 cm³/mol. The minimum atomic E-state index is 0.689. The number of rotatable bonds is 5. The SMILES string of the molecule is COc1ccc(-c2ccc(/C=N/Nc3ccccc3)o2)cc1. The van der Waals surface area contributed by atoms with Crippen molar-refractivity contribution in [1.82, 2.24) is 0 Å². The van der Waals surface area contributed by atoms with Crippen LogP contribution in [0.1, 0.15) is 5.76 Å². The number of hydrogen-bond donors (Lipinski definition) is 1. The molecular formula is C18H16N2O2. The second-order valence-electron chi connectivity index (χ2n) is 4.67. The number of benzene rings is 2. The molecule has 0 saturated carbocycles.